The lowest BCUT2D eigenvalue weighted by atomic mass is 10.1. The number of halogens is 1. The quantitative estimate of drug-likeness (QED) is 0.681. The lowest BCUT2D eigenvalue weighted by Gasteiger charge is -2.07. The van der Waals surface area contributed by atoms with Gasteiger partial charge in [-0.25, -0.2) is 0 Å². The molecule has 0 N–H and O–H groups in total. The van der Waals surface area contributed by atoms with Crippen LogP contribution in [0, 0.1) is 0 Å². The van der Waals surface area contributed by atoms with Gasteiger partial charge in [0, 0.05) is 17.2 Å². The zero-order chi connectivity index (χ0) is 13.9. The fourth-order valence-corrected chi connectivity index (χ4v) is 2.42. The predicted octanol–water partition coefficient (Wildman–Crippen LogP) is 4.74. The molecule has 0 aliphatic heterocycles. The van der Waals surface area contributed by atoms with Crippen molar-refractivity contribution in [1.29, 1.82) is 0 Å². The molecule has 98 valence electrons. The summed E-state index contributed by atoms with van der Waals surface area (Å²) in [6, 6.07) is 20.7. The summed E-state index contributed by atoms with van der Waals surface area (Å²) in [6.45, 7) is 0. The van der Waals surface area contributed by atoms with Crippen molar-refractivity contribution in [1.82, 2.24) is 0 Å². The minimum Gasteiger partial charge on any atom is -0.455 e. The van der Waals surface area contributed by atoms with Crippen LogP contribution in [0.5, 0.6) is 0 Å². The molecular formula is C17H11BrO2. The molecule has 0 radical (unpaired) electrons. The van der Waals surface area contributed by atoms with Crippen molar-refractivity contribution in [2.45, 2.75) is 0 Å². The first-order chi connectivity index (χ1) is 9.75. The molecule has 0 spiro atoms. The Morgan fingerprint density at radius 2 is 1.35 bits per heavy atom. The Morgan fingerprint density at radius 3 is 1.95 bits per heavy atom. The van der Waals surface area contributed by atoms with E-state index in [0.29, 0.717) is 16.0 Å². The second kappa shape index (κ2) is 5.47. The van der Waals surface area contributed by atoms with Crippen LogP contribution >= 0.6 is 15.9 Å². The van der Waals surface area contributed by atoms with Crippen molar-refractivity contribution in [2.24, 2.45) is 0 Å². The Balaban J connectivity index is 2.22. The Bertz CT molecular complexity index is 777. The van der Waals surface area contributed by atoms with Crippen molar-refractivity contribution in [3.05, 3.63) is 81.4 Å². The molecule has 0 aliphatic rings. The molecule has 3 aromatic rings. The van der Waals surface area contributed by atoms with Crippen LogP contribution in [0.15, 0.2) is 80.4 Å². The van der Waals surface area contributed by atoms with Crippen LogP contribution in [0.3, 0.4) is 0 Å². The van der Waals surface area contributed by atoms with E-state index in [2.05, 4.69) is 15.9 Å². The maximum atomic E-state index is 12.1. The van der Waals surface area contributed by atoms with Gasteiger partial charge in [0.25, 0.3) is 0 Å². The first-order valence-electron chi connectivity index (χ1n) is 6.20. The number of rotatable bonds is 2. The minimum absolute atomic E-state index is 0.0889. The Labute approximate surface area is 124 Å². The molecule has 2 nitrogen and oxygen atoms in total. The fourth-order valence-electron chi connectivity index (χ4n) is 2.00. The fraction of sp³-hybridized carbons (Fsp3) is 0. The van der Waals surface area contributed by atoms with Gasteiger partial charge in [-0.1, -0.05) is 60.7 Å². The summed E-state index contributed by atoms with van der Waals surface area (Å²) in [4.78, 5) is 12.1. The van der Waals surface area contributed by atoms with Crippen molar-refractivity contribution in [3.8, 4) is 22.6 Å². The lowest BCUT2D eigenvalue weighted by molar-refractivity contribution is 0.577. The molecule has 2 aromatic carbocycles. The van der Waals surface area contributed by atoms with Gasteiger partial charge in [-0.15, -0.1) is 0 Å². The highest BCUT2D eigenvalue weighted by Crippen LogP contribution is 2.29. The second-order valence-electron chi connectivity index (χ2n) is 4.35. The SMILES string of the molecule is O=c1cc(-c2ccccc2)oc(-c2ccccc2)c1Br. The molecule has 0 saturated heterocycles. The zero-order valence-electron chi connectivity index (χ0n) is 10.5. The average Bonchev–Trinajstić information content (AvgIpc) is 2.51. The van der Waals surface area contributed by atoms with E-state index in [0.717, 1.165) is 11.1 Å². The van der Waals surface area contributed by atoms with E-state index in [9.17, 15) is 4.79 Å². The smallest absolute Gasteiger partial charge is 0.200 e. The summed E-state index contributed by atoms with van der Waals surface area (Å²) in [5.74, 6) is 1.12. The topological polar surface area (TPSA) is 30.2 Å². The van der Waals surface area contributed by atoms with Gasteiger partial charge in [-0.05, 0) is 15.9 Å². The first-order valence-corrected chi connectivity index (χ1v) is 6.99. The van der Waals surface area contributed by atoms with Crippen LogP contribution in [-0.4, -0.2) is 0 Å². The summed E-state index contributed by atoms with van der Waals surface area (Å²) >= 11 is 3.32. The molecule has 1 aromatic heterocycles. The molecule has 0 fully saturated rings. The van der Waals surface area contributed by atoms with Crippen molar-refractivity contribution >= 4 is 15.9 Å². The monoisotopic (exact) mass is 326 g/mol. The van der Waals surface area contributed by atoms with Gasteiger partial charge in [0.1, 0.15) is 10.2 Å². The van der Waals surface area contributed by atoms with Crippen LogP contribution in [0.4, 0.5) is 0 Å². The molecule has 0 saturated carbocycles. The maximum absolute atomic E-state index is 12.1. The first kappa shape index (κ1) is 12.9. The Morgan fingerprint density at radius 1 is 0.800 bits per heavy atom. The maximum Gasteiger partial charge on any atom is 0.200 e. The van der Waals surface area contributed by atoms with Gasteiger partial charge in [-0.3, -0.25) is 4.79 Å². The third-order valence-corrected chi connectivity index (χ3v) is 3.74. The van der Waals surface area contributed by atoms with E-state index in [1.807, 2.05) is 60.7 Å². The van der Waals surface area contributed by atoms with Gasteiger partial charge < -0.3 is 4.42 Å². The highest BCUT2D eigenvalue weighted by molar-refractivity contribution is 9.10. The van der Waals surface area contributed by atoms with Crippen molar-refractivity contribution in [3.63, 3.8) is 0 Å². The van der Waals surface area contributed by atoms with Crippen molar-refractivity contribution in [2.75, 3.05) is 0 Å². The molecule has 1 heterocycles. The van der Waals surface area contributed by atoms with E-state index in [1.165, 1.54) is 6.07 Å². The third kappa shape index (κ3) is 2.45. The van der Waals surface area contributed by atoms with Crippen molar-refractivity contribution < 1.29 is 4.42 Å². The summed E-state index contributed by atoms with van der Waals surface area (Å²) in [6.07, 6.45) is 0. The molecule has 0 aliphatic carbocycles. The second-order valence-corrected chi connectivity index (χ2v) is 5.14. The van der Waals surface area contributed by atoms with E-state index in [4.69, 9.17) is 4.42 Å². The van der Waals surface area contributed by atoms with Crippen LogP contribution in [0.2, 0.25) is 0 Å². The van der Waals surface area contributed by atoms with E-state index in [1.54, 1.807) is 0 Å². The van der Waals surface area contributed by atoms with E-state index >= 15 is 0 Å². The standard InChI is InChI=1S/C17H11BrO2/c18-16-14(19)11-15(12-7-3-1-4-8-12)20-17(16)13-9-5-2-6-10-13/h1-11H. The molecule has 0 amide bonds. The predicted molar refractivity (Wildman–Crippen MR) is 83.6 cm³/mol. The van der Waals surface area contributed by atoms with E-state index in [-0.39, 0.29) is 5.43 Å². The normalized spacial score (nSPS) is 10.4. The van der Waals surface area contributed by atoms with Crippen LogP contribution in [0.25, 0.3) is 22.6 Å². The third-order valence-electron chi connectivity index (χ3n) is 2.98. The van der Waals surface area contributed by atoms with Gasteiger partial charge >= 0.3 is 0 Å². The van der Waals surface area contributed by atoms with Crippen LogP contribution in [-0.2, 0) is 0 Å². The molecule has 20 heavy (non-hydrogen) atoms. The number of hydrogen-bond donors (Lipinski definition) is 0. The lowest BCUT2D eigenvalue weighted by Crippen LogP contribution is -2.02. The Hall–Kier alpha value is -2.13. The molecule has 0 atom stereocenters. The van der Waals surface area contributed by atoms with Gasteiger partial charge in [-0.2, -0.15) is 0 Å². The van der Waals surface area contributed by atoms with Gasteiger partial charge in [0.2, 0.25) is 0 Å². The molecule has 0 bridgehead atoms. The van der Waals surface area contributed by atoms with Crippen LogP contribution < -0.4 is 5.43 Å². The highest BCUT2D eigenvalue weighted by atomic mass is 79.9. The molecular weight excluding hydrogens is 316 g/mol. The highest BCUT2D eigenvalue weighted by Gasteiger charge is 2.12. The minimum atomic E-state index is -0.0889. The molecule has 3 rings (SSSR count). The average molecular weight is 327 g/mol. The number of benzene rings is 2. The molecule has 3 heteroatoms. The largest absolute Gasteiger partial charge is 0.455 e. The van der Waals surface area contributed by atoms with E-state index < -0.39 is 0 Å². The van der Waals surface area contributed by atoms with Gasteiger partial charge in [0.05, 0.1) is 0 Å². The number of hydrogen-bond acceptors (Lipinski definition) is 2. The summed E-state index contributed by atoms with van der Waals surface area (Å²) in [7, 11) is 0. The van der Waals surface area contributed by atoms with Gasteiger partial charge in [0.15, 0.2) is 11.2 Å². The zero-order valence-corrected chi connectivity index (χ0v) is 12.1. The summed E-state index contributed by atoms with van der Waals surface area (Å²) in [5, 5.41) is 0. The van der Waals surface area contributed by atoms with Crippen LogP contribution in [0.1, 0.15) is 0 Å². The Kier molecular flexibility index (Phi) is 3.52. The summed E-state index contributed by atoms with van der Waals surface area (Å²) < 4.78 is 6.36. The molecule has 0 unspecified atom stereocenters. The summed E-state index contributed by atoms with van der Waals surface area (Å²) in [5.41, 5.74) is 1.66.